The molecule has 0 unspecified atom stereocenters. The maximum absolute atomic E-state index is 4.37. The van der Waals surface area contributed by atoms with Crippen LogP contribution in [0, 0.1) is 6.92 Å². The molecule has 1 aromatic carbocycles. The lowest BCUT2D eigenvalue weighted by atomic mass is 10.1. The second kappa shape index (κ2) is 4.93. The molecule has 0 fully saturated rings. The van der Waals surface area contributed by atoms with Crippen molar-refractivity contribution in [3.63, 3.8) is 0 Å². The Kier molecular flexibility index (Phi) is 3.13. The predicted octanol–water partition coefficient (Wildman–Crippen LogP) is 3.84. The Morgan fingerprint density at radius 3 is 2.63 bits per heavy atom. The number of benzene rings is 1. The van der Waals surface area contributed by atoms with Crippen molar-refractivity contribution in [2.24, 2.45) is 0 Å². The van der Waals surface area contributed by atoms with Crippen LogP contribution in [0.1, 0.15) is 5.82 Å². The topological polar surface area (TPSA) is 50.7 Å². The molecule has 3 aromatic rings. The van der Waals surface area contributed by atoms with Gasteiger partial charge in [0.2, 0.25) is 0 Å². The molecular formula is C14H11BrN4. The van der Waals surface area contributed by atoms with Crippen molar-refractivity contribution in [3.8, 4) is 0 Å². The minimum atomic E-state index is 0.750. The van der Waals surface area contributed by atoms with Crippen LogP contribution in [0.5, 0.6) is 0 Å². The first kappa shape index (κ1) is 12.0. The Morgan fingerprint density at radius 2 is 1.84 bits per heavy atom. The first-order valence-electron chi connectivity index (χ1n) is 5.82. The largest absolute Gasteiger partial charge is 0.337 e. The average Bonchev–Trinajstić information content (AvgIpc) is 2.41. The van der Waals surface area contributed by atoms with E-state index < -0.39 is 0 Å². The predicted molar refractivity (Wildman–Crippen MR) is 79.5 cm³/mol. The van der Waals surface area contributed by atoms with Gasteiger partial charge >= 0.3 is 0 Å². The molecule has 2 heterocycles. The molecule has 19 heavy (non-hydrogen) atoms. The number of nitrogens with zero attached hydrogens (tertiary/aromatic N) is 3. The normalized spacial score (nSPS) is 10.6. The van der Waals surface area contributed by atoms with Gasteiger partial charge in [-0.3, -0.25) is 0 Å². The van der Waals surface area contributed by atoms with Crippen molar-refractivity contribution >= 4 is 38.2 Å². The van der Waals surface area contributed by atoms with E-state index in [9.17, 15) is 0 Å². The Bertz CT molecular complexity index is 725. The summed E-state index contributed by atoms with van der Waals surface area (Å²) in [4.78, 5) is 12.7. The lowest BCUT2D eigenvalue weighted by Gasteiger charge is -2.08. The monoisotopic (exact) mass is 314 g/mol. The molecule has 4 nitrogen and oxygen atoms in total. The van der Waals surface area contributed by atoms with Gasteiger partial charge in [0.1, 0.15) is 11.6 Å². The number of hydrogen-bond donors (Lipinski definition) is 1. The standard InChI is InChI=1S/C14H11BrN4/c1-9-17-7-12(8-18-9)19-14-13-3-2-11(15)6-10(13)4-5-16-14/h2-8H,1H3,(H,16,19). The van der Waals surface area contributed by atoms with E-state index in [4.69, 9.17) is 0 Å². The fraction of sp³-hybridized carbons (Fsp3) is 0.0714. The second-order valence-electron chi connectivity index (χ2n) is 4.17. The molecule has 0 atom stereocenters. The molecular weight excluding hydrogens is 304 g/mol. The highest BCUT2D eigenvalue weighted by Gasteiger charge is 2.03. The van der Waals surface area contributed by atoms with E-state index in [0.717, 1.165) is 32.6 Å². The molecule has 3 rings (SSSR count). The SMILES string of the molecule is Cc1ncc(Nc2nccc3cc(Br)ccc23)cn1. The Balaban J connectivity index is 2.03. The quantitative estimate of drug-likeness (QED) is 0.780. The summed E-state index contributed by atoms with van der Waals surface area (Å²) in [6.07, 6.45) is 5.29. The molecule has 0 aliphatic rings. The number of nitrogens with one attached hydrogen (secondary N) is 1. The minimum absolute atomic E-state index is 0.750. The van der Waals surface area contributed by atoms with Crippen LogP contribution in [-0.2, 0) is 0 Å². The van der Waals surface area contributed by atoms with Crippen LogP contribution in [0.15, 0.2) is 47.3 Å². The van der Waals surface area contributed by atoms with Crippen molar-refractivity contribution in [1.82, 2.24) is 15.0 Å². The third-order valence-corrected chi connectivity index (χ3v) is 3.26. The van der Waals surface area contributed by atoms with Gasteiger partial charge in [0.05, 0.1) is 18.1 Å². The fourth-order valence-corrected chi connectivity index (χ4v) is 2.22. The Labute approximate surface area is 119 Å². The smallest absolute Gasteiger partial charge is 0.138 e. The van der Waals surface area contributed by atoms with Crippen LogP contribution in [0.3, 0.4) is 0 Å². The van der Waals surface area contributed by atoms with Gasteiger partial charge in [-0.1, -0.05) is 15.9 Å². The van der Waals surface area contributed by atoms with Crippen molar-refractivity contribution in [2.45, 2.75) is 6.92 Å². The Hall–Kier alpha value is -2.01. The highest BCUT2D eigenvalue weighted by atomic mass is 79.9. The summed E-state index contributed by atoms with van der Waals surface area (Å²) in [5, 5.41) is 5.43. The molecule has 1 N–H and O–H groups in total. The van der Waals surface area contributed by atoms with E-state index in [1.165, 1.54) is 0 Å². The van der Waals surface area contributed by atoms with Gasteiger partial charge in [0.15, 0.2) is 0 Å². The van der Waals surface area contributed by atoms with E-state index in [0.29, 0.717) is 0 Å². The second-order valence-corrected chi connectivity index (χ2v) is 5.08. The molecule has 0 spiro atoms. The summed E-state index contributed by atoms with van der Waals surface area (Å²) in [5.74, 6) is 1.55. The molecule has 0 radical (unpaired) electrons. The summed E-state index contributed by atoms with van der Waals surface area (Å²) in [7, 11) is 0. The van der Waals surface area contributed by atoms with Gasteiger partial charge in [-0.05, 0) is 36.6 Å². The first-order chi connectivity index (χ1) is 9.22. The van der Waals surface area contributed by atoms with Gasteiger partial charge in [-0.2, -0.15) is 0 Å². The van der Waals surface area contributed by atoms with Crippen LogP contribution in [0.25, 0.3) is 10.8 Å². The zero-order valence-corrected chi connectivity index (χ0v) is 11.8. The zero-order chi connectivity index (χ0) is 13.2. The summed E-state index contributed by atoms with van der Waals surface area (Å²) in [5.41, 5.74) is 0.827. The average molecular weight is 315 g/mol. The maximum atomic E-state index is 4.37. The van der Waals surface area contributed by atoms with Crippen molar-refractivity contribution in [3.05, 3.63) is 53.2 Å². The van der Waals surface area contributed by atoms with E-state index in [1.54, 1.807) is 18.6 Å². The first-order valence-corrected chi connectivity index (χ1v) is 6.61. The molecule has 0 amide bonds. The Morgan fingerprint density at radius 1 is 1.05 bits per heavy atom. The van der Waals surface area contributed by atoms with Crippen LogP contribution in [0.4, 0.5) is 11.5 Å². The van der Waals surface area contributed by atoms with Crippen LogP contribution in [-0.4, -0.2) is 15.0 Å². The lowest BCUT2D eigenvalue weighted by Crippen LogP contribution is -1.97. The zero-order valence-electron chi connectivity index (χ0n) is 10.3. The van der Waals surface area contributed by atoms with Gasteiger partial charge in [0.25, 0.3) is 0 Å². The highest BCUT2D eigenvalue weighted by Crippen LogP contribution is 2.26. The maximum Gasteiger partial charge on any atom is 0.138 e. The van der Waals surface area contributed by atoms with Crippen LogP contribution in [0.2, 0.25) is 0 Å². The number of pyridine rings is 1. The van der Waals surface area contributed by atoms with Gasteiger partial charge in [-0.15, -0.1) is 0 Å². The number of hydrogen-bond acceptors (Lipinski definition) is 4. The molecule has 0 aliphatic heterocycles. The van der Waals surface area contributed by atoms with Crippen molar-refractivity contribution < 1.29 is 0 Å². The fourth-order valence-electron chi connectivity index (χ4n) is 1.84. The van der Waals surface area contributed by atoms with Crippen molar-refractivity contribution in [2.75, 3.05) is 5.32 Å². The molecule has 2 aromatic heterocycles. The summed E-state index contributed by atoms with van der Waals surface area (Å²) in [6, 6.07) is 8.08. The third-order valence-electron chi connectivity index (χ3n) is 2.77. The van der Waals surface area contributed by atoms with Gasteiger partial charge < -0.3 is 5.32 Å². The number of aryl methyl sites for hydroxylation is 1. The van der Waals surface area contributed by atoms with Crippen LogP contribution >= 0.6 is 15.9 Å². The molecule has 0 saturated heterocycles. The summed E-state index contributed by atoms with van der Waals surface area (Å²) >= 11 is 3.47. The number of rotatable bonds is 2. The van der Waals surface area contributed by atoms with Crippen LogP contribution < -0.4 is 5.32 Å². The highest BCUT2D eigenvalue weighted by molar-refractivity contribution is 9.10. The van der Waals surface area contributed by atoms with Crippen molar-refractivity contribution in [1.29, 1.82) is 0 Å². The number of fused-ring (bicyclic) bond motifs is 1. The van der Waals surface area contributed by atoms with Gasteiger partial charge in [0, 0.05) is 16.1 Å². The number of aromatic nitrogens is 3. The number of anilines is 2. The van der Waals surface area contributed by atoms with E-state index in [1.807, 2.05) is 25.1 Å². The summed E-state index contributed by atoms with van der Waals surface area (Å²) in [6.45, 7) is 1.86. The van der Waals surface area contributed by atoms with E-state index in [2.05, 4.69) is 42.3 Å². The minimum Gasteiger partial charge on any atom is -0.337 e. The third kappa shape index (κ3) is 2.56. The summed E-state index contributed by atoms with van der Waals surface area (Å²) < 4.78 is 1.05. The molecule has 94 valence electrons. The molecule has 0 saturated carbocycles. The lowest BCUT2D eigenvalue weighted by molar-refractivity contribution is 1.05. The molecule has 0 bridgehead atoms. The van der Waals surface area contributed by atoms with Gasteiger partial charge in [-0.25, -0.2) is 15.0 Å². The van der Waals surface area contributed by atoms with E-state index in [-0.39, 0.29) is 0 Å². The molecule has 0 aliphatic carbocycles. The van der Waals surface area contributed by atoms with E-state index >= 15 is 0 Å². The number of halogens is 1. The molecule has 5 heteroatoms.